The summed E-state index contributed by atoms with van der Waals surface area (Å²) >= 11 is 0. The first-order valence-electron chi connectivity index (χ1n) is 19.8. The number of hydrogen-bond acceptors (Lipinski definition) is 8. The second kappa shape index (κ2) is 28.5. The molecule has 0 aromatic carbocycles. The van der Waals surface area contributed by atoms with Crippen molar-refractivity contribution in [3.8, 4) is 0 Å². The highest BCUT2D eigenvalue weighted by Gasteiger charge is 2.51. The van der Waals surface area contributed by atoms with Gasteiger partial charge in [-0.2, -0.15) is 0 Å². The summed E-state index contributed by atoms with van der Waals surface area (Å²) in [5.41, 5.74) is 0. The van der Waals surface area contributed by atoms with Crippen LogP contribution < -0.4 is 5.32 Å². The number of carbonyl (C=O) groups excluding carboxylic acids is 2. The maximum atomic E-state index is 13.2. The summed E-state index contributed by atoms with van der Waals surface area (Å²) in [6.45, 7) is 3.61. The topological polar surface area (TPSA) is 209 Å². The van der Waals surface area contributed by atoms with E-state index in [1.165, 1.54) is 77.0 Å². The van der Waals surface area contributed by atoms with E-state index in [0.29, 0.717) is 12.8 Å². The van der Waals surface area contributed by atoms with Gasteiger partial charge in [0, 0.05) is 12.8 Å². The Bertz CT molecular complexity index is 1010. The van der Waals surface area contributed by atoms with Crippen LogP contribution in [0.4, 0.5) is 0 Å². The molecule has 6 N–H and O–H groups in total. The van der Waals surface area contributed by atoms with E-state index in [1.54, 1.807) is 0 Å². The number of nitrogens with one attached hydrogen (secondary N) is 1. The maximum absolute atomic E-state index is 13.2. The molecule has 1 fully saturated rings. The Balaban J connectivity index is 2.85. The number of aliphatic hydroxyl groups excluding tert-OH is 1. The molecular formula is C36H71NO12P2. The van der Waals surface area contributed by atoms with Crippen molar-refractivity contribution in [1.29, 1.82) is 0 Å². The van der Waals surface area contributed by atoms with Crippen molar-refractivity contribution in [3.05, 3.63) is 0 Å². The molecule has 51 heavy (non-hydrogen) atoms. The molecule has 0 radical (unpaired) electrons. The molecule has 1 heterocycles. The second-order valence-corrected chi connectivity index (χ2v) is 17.2. The van der Waals surface area contributed by atoms with Crippen molar-refractivity contribution < 1.29 is 57.4 Å². The number of aliphatic hydroxyl groups is 1. The van der Waals surface area contributed by atoms with Crippen LogP contribution >= 0.6 is 15.4 Å². The number of carbonyl (C=O) groups is 2. The summed E-state index contributed by atoms with van der Waals surface area (Å²) < 4.78 is 40.3. The Morgan fingerprint density at radius 1 is 0.627 bits per heavy atom. The van der Waals surface area contributed by atoms with E-state index in [4.69, 9.17) is 14.0 Å². The van der Waals surface area contributed by atoms with Gasteiger partial charge >= 0.3 is 21.4 Å². The maximum Gasteiger partial charge on any atom is 0.470 e. The van der Waals surface area contributed by atoms with E-state index in [2.05, 4.69) is 19.2 Å². The molecule has 0 spiro atoms. The Hall–Kier alpha value is -0.880. The third-order valence-electron chi connectivity index (χ3n) is 9.53. The molecule has 0 bridgehead atoms. The summed E-state index contributed by atoms with van der Waals surface area (Å²) in [4.78, 5) is 64.8. The van der Waals surface area contributed by atoms with Crippen molar-refractivity contribution in [2.24, 2.45) is 0 Å². The van der Waals surface area contributed by atoms with E-state index in [9.17, 15) is 43.4 Å². The lowest BCUT2D eigenvalue weighted by Gasteiger charge is -2.45. The van der Waals surface area contributed by atoms with Crippen LogP contribution in [0.3, 0.4) is 0 Å². The molecule has 0 aromatic rings. The zero-order valence-corrected chi connectivity index (χ0v) is 33.3. The van der Waals surface area contributed by atoms with Crippen molar-refractivity contribution in [1.82, 2.24) is 5.32 Å². The number of rotatable bonds is 32. The van der Waals surface area contributed by atoms with Crippen LogP contribution in [-0.4, -0.2) is 79.8 Å². The molecule has 13 nitrogen and oxygen atoms in total. The van der Waals surface area contributed by atoms with Crippen LogP contribution in [0.1, 0.15) is 174 Å². The molecule has 0 unspecified atom stereocenters. The summed E-state index contributed by atoms with van der Waals surface area (Å²) in [5, 5.41) is 12.8. The minimum atomic E-state index is -5.20. The summed E-state index contributed by atoms with van der Waals surface area (Å²) in [5.74, 6) is -1.10. The molecule has 0 aromatic heterocycles. The van der Waals surface area contributed by atoms with Crippen LogP contribution in [0.5, 0.6) is 0 Å². The molecular weight excluding hydrogens is 700 g/mol. The molecule has 1 saturated heterocycles. The minimum Gasteiger partial charge on any atom is -0.457 e. The van der Waals surface area contributed by atoms with Gasteiger partial charge in [0.2, 0.25) is 5.91 Å². The zero-order chi connectivity index (χ0) is 38.0. The predicted molar refractivity (Wildman–Crippen MR) is 198 cm³/mol. The number of ether oxygens (including phenoxy) is 2. The highest BCUT2D eigenvalue weighted by Crippen LogP contribution is 2.43. The smallest absolute Gasteiger partial charge is 0.457 e. The van der Waals surface area contributed by atoms with Crippen LogP contribution in [-0.2, 0) is 32.7 Å². The van der Waals surface area contributed by atoms with Crippen molar-refractivity contribution in [2.75, 3.05) is 12.8 Å². The summed E-state index contributed by atoms with van der Waals surface area (Å²) in [6, 6.07) is -1.24. The number of phosphoric acid groups is 1. The fourth-order valence-corrected chi connectivity index (χ4v) is 7.82. The minimum absolute atomic E-state index is 0.0212. The third kappa shape index (κ3) is 24.9. The molecule has 15 heteroatoms. The number of phosphoric ester groups is 1. The predicted octanol–water partition coefficient (Wildman–Crippen LogP) is 7.59. The molecule has 1 rings (SSSR count). The molecule has 1 aliphatic rings. The number of hydrogen-bond donors (Lipinski definition) is 6. The highest BCUT2D eigenvalue weighted by molar-refractivity contribution is 7.51. The lowest BCUT2D eigenvalue weighted by molar-refractivity contribution is -0.208. The number of esters is 1. The first-order chi connectivity index (χ1) is 24.3. The van der Waals surface area contributed by atoms with Gasteiger partial charge in [0.05, 0.1) is 24.9 Å². The quantitative estimate of drug-likeness (QED) is 0.0222. The average molecular weight is 772 g/mol. The Kier molecular flexibility index (Phi) is 26.9. The van der Waals surface area contributed by atoms with Crippen LogP contribution in [0.15, 0.2) is 0 Å². The molecule has 1 amide bonds. The van der Waals surface area contributed by atoms with Crippen molar-refractivity contribution in [2.45, 2.75) is 205 Å². The van der Waals surface area contributed by atoms with Gasteiger partial charge in [-0.05, 0) is 19.3 Å². The highest BCUT2D eigenvalue weighted by atomic mass is 31.2. The largest absolute Gasteiger partial charge is 0.470 e. The van der Waals surface area contributed by atoms with Gasteiger partial charge in [0.15, 0.2) is 6.10 Å². The Morgan fingerprint density at radius 3 is 1.47 bits per heavy atom. The van der Waals surface area contributed by atoms with Gasteiger partial charge < -0.3 is 39.5 Å². The van der Waals surface area contributed by atoms with Gasteiger partial charge in [0.25, 0.3) is 0 Å². The Morgan fingerprint density at radius 2 is 1.06 bits per heavy atom. The van der Waals surface area contributed by atoms with Crippen LogP contribution in [0, 0.1) is 0 Å². The number of unbranched alkanes of at least 4 members (excludes halogenated alkanes) is 20. The monoisotopic (exact) mass is 771 g/mol. The summed E-state index contributed by atoms with van der Waals surface area (Å²) in [7, 11) is -9.71. The normalized spacial score (nSPS) is 21.1. The van der Waals surface area contributed by atoms with Gasteiger partial charge in [-0.15, -0.1) is 0 Å². The lowest BCUT2D eigenvalue weighted by Crippen LogP contribution is -2.65. The van der Waals surface area contributed by atoms with Gasteiger partial charge in [-0.1, -0.05) is 142 Å². The molecule has 1 aliphatic heterocycles. The molecule has 302 valence electrons. The van der Waals surface area contributed by atoms with E-state index < -0.39 is 70.5 Å². The van der Waals surface area contributed by atoms with Crippen molar-refractivity contribution in [3.63, 3.8) is 0 Å². The second-order valence-electron chi connectivity index (χ2n) is 14.3. The fourth-order valence-electron chi connectivity index (χ4n) is 6.66. The van der Waals surface area contributed by atoms with Gasteiger partial charge in [0.1, 0.15) is 12.2 Å². The standard InChI is InChI=1S/C36H71NO12P2/c1-3-5-7-9-11-13-15-17-19-21-23-25-32(39)37-34-30(27-28-50(41,42)43)47-31(29-38)35(49-51(44,45)46)36(34)48-33(40)26-24-22-20-18-16-14-12-10-8-6-4-2/h30-31,34-36,38H,3-29H2,1-2H3,(H,37,39)(H2,41,42,43)(H2,44,45,46)/t30-,31-,34+,35-,36-/m1/s1. The molecule has 0 saturated carbocycles. The first-order valence-corrected chi connectivity index (χ1v) is 23.2. The van der Waals surface area contributed by atoms with E-state index in [1.807, 2.05) is 0 Å². The SMILES string of the molecule is CCCCCCCCCCCCCC(=O)N[C@@H]1[C@@H](OC(=O)CCCCCCCCCCCCC)[C@H](OP(=O)(O)O)[C@@H](CO)O[C@@H]1CCP(=O)(O)O. The van der Waals surface area contributed by atoms with Gasteiger partial charge in [-0.3, -0.25) is 18.7 Å². The van der Waals surface area contributed by atoms with E-state index >= 15 is 0 Å². The molecule has 0 aliphatic carbocycles. The van der Waals surface area contributed by atoms with Gasteiger partial charge in [-0.25, -0.2) is 4.57 Å². The molecule has 5 atom stereocenters. The summed E-state index contributed by atoms with van der Waals surface area (Å²) in [6.07, 6.45) is 17.6. The third-order valence-corrected chi connectivity index (χ3v) is 10.9. The van der Waals surface area contributed by atoms with Crippen LogP contribution in [0.2, 0.25) is 0 Å². The van der Waals surface area contributed by atoms with E-state index in [0.717, 1.165) is 51.4 Å². The van der Waals surface area contributed by atoms with Crippen molar-refractivity contribution >= 4 is 27.3 Å². The number of amides is 1. The Labute approximate surface area is 307 Å². The van der Waals surface area contributed by atoms with Crippen LogP contribution in [0.25, 0.3) is 0 Å². The average Bonchev–Trinajstić information content (AvgIpc) is 3.06. The lowest BCUT2D eigenvalue weighted by atomic mass is 9.91. The fraction of sp³-hybridized carbons (Fsp3) is 0.944. The van der Waals surface area contributed by atoms with E-state index in [-0.39, 0.29) is 19.3 Å². The zero-order valence-electron chi connectivity index (χ0n) is 31.5. The first kappa shape index (κ1) is 48.1.